The molecule has 0 saturated carbocycles. The highest BCUT2D eigenvalue weighted by Gasteiger charge is 2.19. The molecule has 1 aromatic rings. The lowest BCUT2D eigenvalue weighted by Crippen LogP contribution is -2.37. The number of anilines is 1. The molecule has 0 aromatic heterocycles. The van der Waals surface area contributed by atoms with E-state index in [4.69, 9.17) is 4.74 Å². The lowest BCUT2D eigenvalue weighted by molar-refractivity contribution is -0.121. The van der Waals surface area contributed by atoms with E-state index in [0.717, 1.165) is 12.7 Å². The molecule has 0 aliphatic heterocycles. The van der Waals surface area contributed by atoms with Crippen LogP contribution in [0.5, 0.6) is 5.75 Å². The zero-order chi connectivity index (χ0) is 17.5. The highest BCUT2D eigenvalue weighted by molar-refractivity contribution is 7.92. The van der Waals surface area contributed by atoms with Gasteiger partial charge in [-0.05, 0) is 44.5 Å². The Hall–Kier alpha value is -1.76. The SMILES string of the molecule is CCOc1ccc(N(CCC(=O)NC(C)CC)S(C)(=O)=O)cc1. The van der Waals surface area contributed by atoms with Crippen LogP contribution in [0.25, 0.3) is 0 Å². The molecular weight excluding hydrogens is 316 g/mol. The fourth-order valence-corrected chi connectivity index (χ4v) is 2.94. The Labute approximate surface area is 138 Å². The summed E-state index contributed by atoms with van der Waals surface area (Å²) >= 11 is 0. The minimum Gasteiger partial charge on any atom is -0.494 e. The number of hydrogen-bond donors (Lipinski definition) is 1. The minimum atomic E-state index is -3.46. The van der Waals surface area contributed by atoms with Gasteiger partial charge in [0, 0.05) is 19.0 Å². The summed E-state index contributed by atoms with van der Waals surface area (Å²) in [4.78, 5) is 11.9. The zero-order valence-electron chi connectivity index (χ0n) is 14.2. The van der Waals surface area contributed by atoms with Crippen molar-refractivity contribution in [3.8, 4) is 5.75 Å². The number of benzene rings is 1. The molecule has 1 unspecified atom stereocenters. The molecule has 1 rings (SSSR count). The third kappa shape index (κ3) is 6.48. The van der Waals surface area contributed by atoms with Crippen LogP contribution in [-0.2, 0) is 14.8 Å². The van der Waals surface area contributed by atoms with Gasteiger partial charge in [-0.1, -0.05) is 6.92 Å². The molecule has 0 heterocycles. The average Bonchev–Trinajstić information content (AvgIpc) is 2.48. The van der Waals surface area contributed by atoms with Crippen LogP contribution in [0.15, 0.2) is 24.3 Å². The normalized spacial score (nSPS) is 12.5. The summed E-state index contributed by atoms with van der Waals surface area (Å²) in [5.41, 5.74) is 0.521. The van der Waals surface area contributed by atoms with Gasteiger partial charge in [-0.2, -0.15) is 0 Å². The van der Waals surface area contributed by atoms with Crippen molar-refractivity contribution >= 4 is 21.6 Å². The number of hydrogen-bond acceptors (Lipinski definition) is 4. The predicted octanol–water partition coefficient (Wildman–Crippen LogP) is 2.16. The first-order chi connectivity index (χ1) is 10.8. The van der Waals surface area contributed by atoms with Gasteiger partial charge in [0.25, 0.3) is 0 Å². The largest absolute Gasteiger partial charge is 0.494 e. The maximum Gasteiger partial charge on any atom is 0.232 e. The predicted molar refractivity (Wildman–Crippen MR) is 92.3 cm³/mol. The number of carbonyl (C=O) groups excluding carboxylic acids is 1. The van der Waals surface area contributed by atoms with Gasteiger partial charge in [0.1, 0.15) is 5.75 Å². The molecule has 0 radical (unpaired) electrons. The molecule has 0 bridgehead atoms. The number of nitrogens with zero attached hydrogens (tertiary/aromatic N) is 1. The van der Waals surface area contributed by atoms with Gasteiger partial charge in [-0.3, -0.25) is 9.10 Å². The van der Waals surface area contributed by atoms with Gasteiger partial charge >= 0.3 is 0 Å². The Morgan fingerprint density at radius 3 is 2.35 bits per heavy atom. The number of sulfonamides is 1. The molecule has 1 N–H and O–H groups in total. The maximum atomic E-state index is 12.0. The molecule has 0 saturated heterocycles. The lowest BCUT2D eigenvalue weighted by Gasteiger charge is -2.23. The summed E-state index contributed by atoms with van der Waals surface area (Å²) in [5.74, 6) is 0.526. The highest BCUT2D eigenvalue weighted by atomic mass is 32.2. The van der Waals surface area contributed by atoms with Gasteiger partial charge in [-0.15, -0.1) is 0 Å². The highest BCUT2D eigenvalue weighted by Crippen LogP contribution is 2.21. The standard InChI is InChI=1S/C16H26N2O4S/c1-5-13(3)17-16(19)11-12-18(23(4,20)21)14-7-9-15(10-8-14)22-6-2/h7-10,13H,5-6,11-12H2,1-4H3,(H,17,19). The zero-order valence-corrected chi connectivity index (χ0v) is 15.0. The molecule has 1 amide bonds. The number of rotatable bonds is 9. The molecule has 1 aromatic carbocycles. The van der Waals surface area contributed by atoms with Crippen molar-refractivity contribution in [3.63, 3.8) is 0 Å². The van der Waals surface area contributed by atoms with Crippen LogP contribution in [0.2, 0.25) is 0 Å². The number of carbonyl (C=O) groups is 1. The van der Waals surface area contributed by atoms with Crippen LogP contribution in [-0.4, -0.2) is 39.8 Å². The van der Waals surface area contributed by atoms with Crippen LogP contribution in [0.3, 0.4) is 0 Å². The van der Waals surface area contributed by atoms with Gasteiger partial charge < -0.3 is 10.1 Å². The molecule has 0 aliphatic rings. The van der Waals surface area contributed by atoms with Crippen molar-refractivity contribution in [2.45, 2.75) is 39.7 Å². The van der Waals surface area contributed by atoms with Crippen molar-refractivity contribution in [1.29, 1.82) is 0 Å². The maximum absolute atomic E-state index is 12.0. The summed E-state index contributed by atoms with van der Waals surface area (Å²) < 4.78 is 30.6. The second-order valence-corrected chi connectivity index (χ2v) is 7.30. The molecule has 0 spiro atoms. The Morgan fingerprint density at radius 1 is 1.26 bits per heavy atom. The smallest absolute Gasteiger partial charge is 0.232 e. The fraction of sp³-hybridized carbons (Fsp3) is 0.562. The Bertz CT molecular complexity index is 599. The van der Waals surface area contributed by atoms with Gasteiger partial charge in [0.2, 0.25) is 15.9 Å². The van der Waals surface area contributed by atoms with E-state index in [-0.39, 0.29) is 24.9 Å². The molecule has 23 heavy (non-hydrogen) atoms. The summed E-state index contributed by atoms with van der Waals surface area (Å²) in [5, 5.41) is 2.83. The average molecular weight is 342 g/mol. The van der Waals surface area contributed by atoms with E-state index in [1.165, 1.54) is 4.31 Å². The van der Waals surface area contributed by atoms with Gasteiger partial charge in [0.15, 0.2) is 0 Å². The number of ether oxygens (including phenoxy) is 1. The van der Waals surface area contributed by atoms with Crippen LogP contribution < -0.4 is 14.4 Å². The molecule has 130 valence electrons. The van der Waals surface area contributed by atoms with Gasteiger partial charge in [-0.25, -0.2) is 8.42 Å². The van der Waals surface area contributed by atoms with Crippen LogP contribution in [0.4, 0.5) is 5.69 Å². The van der Waals surface area contributed by atoms with Crippen LogP contribution in [0.1, 0.15) is 33.6 Å². The minimum absolute atomic E-state index is 0.0830. The summed E-state index contributed by atoms with van der Waals surface area (Å²) in [6.07, 6.45) is 2.08. The van der Waals surface area contributed by atoms with E-state index in [1.807, 2.05) is 20.8 Å². The Balaban J connectivity index is 2.80. The molecule has 0 aliphatic carbocycles. The van der Waals surface area contributed by atoms with Crippen molar-refractivity contribution in [3.05, 3.63) is 24.3 Å². The monoisotopic (exact) mass is 342 g/mol. The lowest BCUT2D eigenvalue weighted by atomic mass is 10.2. The van der Waals surface area contributed by atoms with E-state index in [9.17, 15) is 13.2 Å². The van der Waals surface area contributed by atoms with Crippen molar-refractivity contribution in [2.24, 2.45) is 0 Å². The van der Waals surface area contributed by atoms with Crippen molar-refractivity contribution < 1.29 is 17.9 Å². The summed E-state index contributed by atoms with van der Waals surface area (Å²) in [7, 11) is -3.46. The molecular formula is C16H26N2O4S. The fourth-order valence-electron chi connectivity index (χ4n) is 2.01. The van der Waals surface area contributed by atoms with E-state index in [0.29, 0.717) is 18.0 Å². The number of nitrogens with one attached hydrogen (secondary N) is 1. The quantitative estimate of drug-likeness (QED) is 0.746. The van der Waals surface area contributed by atoms with Crippen LogP contribution >= 0.6 is 0 Å². The van der Waals surface area contributed by atoms with Crippen molar-refractivity contribution in [2.75, 3.05) is 23.7 Å². The third-order valence-corrected chi connectivity index (χ3v) is 4.59. The molecule has 1 atom stereocenters. The van der Waals surface area contributed by atoms with E-state index < -0.39 is 10.0 Å². The van der Waals surface area contributed by atoms with E-state index in [2.05, 4.69) is 5.32 Å². The van der Waals surface area contributed by atoms with Gasteiger partial charge in [0.05, 0.1) is 18.6 Å². The summed E-state index contributed by atoms with van der Waals surface area (Å²) in [6.45, 7) is 6.43. The Morgan fingerprint density at radius 2 is 1.87 bits per heavy atom. The van der Waals surface area contributed by atoms with E-state index in [1.54, 1.807) is 24.3 Å². The second kappa shape index (κ2) is 8.76. The molecule has 0 fully saturated rings. The first kappa shape index (κ1) is 19.3. The second-order valence-electron chi connectivity index (χ2n) is 5.39. The topological polar surface area (TPSA) is 75.7 Å². The molecule has 6 nitrogen and oxygen atoms in total. The number of amides is 1. The third-order valence-electron chi connectivity index (χ3n) is 3.40. The molecule has 7 heteroatoms. The first-order valence-corrected chi connectivity index (χ1v) is 9.62. The summed E-state index contributed by atoms with van der Waals surface area (Å²) in [6, 6.07) is 6.88. The van der Waals surface area contributed by atoms with Crippen molar-refractivity contribution in [1.82, 2.24) is 5.32 Å². The van der Waals surface area contributed by atoms with E-state index >= 15 is 0 Å². The van der Waals surface area contributed by atoms with Crippen LogP contribution in [0, 0.1) is 0 Å². The Kier molecular flexibility index (Phi) is 7.35. The first-order valence-electron chi connectivity index (χ1n) is 7.77.